The highest BCUT2D eigenvalue weighted by molar-refractivity contribution is 7.89. The molecule has 51 heavy (non-hydrogen) atoms. The summed E-state index contributed by atoms with van der Waals surface area (Å²) in [5.74, 6) is -14.9. The third-order valence-electron chi connectivity index (χ3n) is 8.46. The summed E-state index contributed by atoms with van der Waals surface area (Å²) in [6.07, 6.45) is 3.85. The lowest BCUT2D eigenvalue weighted by molar-refractivity contribution is -0.125. The van der Waals surface area contributed by atoms with Crippen molar-refractivity contribution in [1.82, 2.24) is 9.29 Å². The Morgan fingerprint density at radius 2 is 1.65 bits per heavy atom. The van der Waals surface area contributed by atoms with Crippen LogP contribution in [0.5, 0.6) is 5.75 Å². The standard InChI is InChI=1S/C35H28F5N3O7S/c36-28-29(37)31(39)33(32(40)30(28)38)51(47,48)43-13-10-26(43)34(44)42(18-21-6-9-25(41-17-21)22-11-14-49-15-12-22)23-7-8-24(35(45)46)27(16-23)50-19-20-4-2-1-3-5-20/h1-9,11,16-17,26H,10,12-15,18-19H2,(H,45,46)/t26-/m1/s1. The molecule has 10 nitrogen and oxygen atoms in total. The van der Waals surface area contributed by atoms with Crippen molar-refractivity contribution in [1.29, 1.82) is 0 Å². The van der Waals surface area contributed by atoms with Gasteiger partial charge >= 0.3 is 5.97 Å². The summed E-state index contributed by atoms with van der Waals surface area (Å²) in [6, 6.07) is 14.4. The number of rotatable bonds is 11. The number of ether oxygens (including phenoxy) is 2. The number of halogens is 5. The number of carbonyl (C=O) groups is 2. The summed E-state index contributed by atoms with van der Waals surface area (Å²) in [4.78, 5) is 29.8. The van der Waals surface area contributed by atoms with Gasteiger partial charge in [-0.1, -0.05) is 42.5 Å². The van der Waals surface area contributed by atoms with Crippen LogP contribution in [0.1, 0.15) is 40.0 Å². The van der Waals surface area contributed by atoms with Crippen molar-refractivity contribution >= 4 is 33.2 Å². The van der Waals surface area contributed by atoms with E-state index in [4.69, 9.17) is 9.47 Å². The molecule has 1 amide bonds. The predicted molar refractivity (Wildman–Crippen MR) is 172 cm³/mol. The van der Waals surface area contributed by atoms with E-state index in [2.05, 4.69) is 4.98 Å². The third kappa shape index (κ3) is 7.07. The number of hydrogen-bond donors (Lipinski definition) is 1. The molecule has 2 aliphatic rings. The number of hydrogen-bond acceptors (Lipinski definition) is 7. The van der Waals surface area contributed by atoms with Crippen LogP contribution in [0.25, 0.3) is 5.57 Å². The van der Waals surface area contributed by atoms with E-state index in [1.54, 1.807) is 42.5 Å². The first-order valence-corrected chi connectivity index (χ1v) is 16.9. The Hall–Kier alpha value is -5.19. The molecule has 1 N–H and O–H groups in total. The molecule has 1 aromatic heterocycles. The summed E-state index contributed by atoms with van der Waals surface area (Å²) in [7, 11) is -5.43. The number of aromatic carboxylic acids is 1. The van der Waals surface area contributed by atoms with Crippen molar-refractivity contribution in [3.05, 3.63) is 124 Å². The molecule has 0 unspecified atom stereocenters. The molecular formula is C35H28F5N3O7S. The lowest BCUT2D eigenvalue weighted by Crippen LogP contribution is -2.59. The van der Waals surface area contributed by atoms with Gasteiger partial charge in [0.2, 0.25) is 21.7 Å². The van der Waals surface area contributed by atoms with Crippen LogP contribution >= 0.6 is 0 Å². The molecule has 1 atom stereocenters. The monoisotopic (exact) mass is 729 g/mol. The second kappa shape index (κ2) is 14.6. The third-order valence-corrected chi connectivity index (χ3v) is 10.4. The first kappa shape index (κ1) is 35.6. The van der Waals surface area contributed by atoms with Crippen LogP contribution in [0.4, 0.5) is 27.6 Å². The molecule has 16 heteroatoms. The maximum absolute atomic E-state index is 14.7. The minimum atomic E-state index is -5.43. The number of sulfonamides is 1. The van der Waals surface area contributed by atoms with E-state index in [1.165, 1.54) is 24.4 Å². The molecule has 0 radical (unpaired) electrons. The fraction of sp³-hybridized carbons (Fsp3) is 0.229. The zero-order valence-electron chi connectivity index (χ0n) is 26.5. The predicted octanol–water partition coefficient (Wildman–Crippen LogP) is 5.85. The number of nitrogens with zero attached hydrogens (tertiary/aromatic N) is 3. The van der Waals surface area contributed by atoms with Gasteiger partial charge in [0.1, 0.15) is 24.0 Å². The van der Waals surface area contributed by atoms with E-state index in [9.17, 15) is 45.1 Å². The number of amides is 1. The van der Waals surface area contributed by atoms with Crippen LogP contribution in [0.3, 0.4) is 0 Å². The Labute approximate surface area is 288 Å². The number of anilines is 1. The highest BCUT2D eigenvalue weighted by Gasteiger charge is 2.48. The van der Waals surface area contributed by atoms with Gasteiger partial charge in [-0.05, 0) is 47.7 Å². The second-order valence-electron chi connectivity index (χ2n) is 11.6. The Balaban J connectivity index is 1.37. The van der Waals surface area contributed by atoms with Crippen molar-refractivity contribution in [3.63, 3.8) is 0 Å². The van der Waals surface area contributed by atoms with Gasteiger partial charge in [0, 0.05) is 24.5 Å². The Bertz CT molecular complexity index is 2100. The molecule has 0 saturated carbocycles. The zero-order valence-corrected chi connectivity index (χ0v) is 27.3. The van der Waals surface area contributed by atoms with Crippen LogP contribution in [0.15, 0.2) is 77.8 Å². The van der Waals surface area contributed by atoms with E-state index in [0.717, 1.165) is 10.5 Å². The summed E-state index contributed by atoms with van der Waals surface area (Å²) in [5.41, 5.74) is 2.61. The Morgan fingerprint density at radius 1 is 0.941 bits per heavy atom. The van der Waals surface area contributed by atoms with Crippen LogP contribution in [-0.2, 0) is 32.7 Å². The SMILES string of the molecule is O=C(O)c1ccc(N(Cc2ccc(C3=CCOCC3)nc2)C(=O)[C@H]2CCN2S(=O)(=O)c2c(F)c(F)c(F)c(F)c2F)cc1OCc1ccccc1. The van der Waals surface area contributed by atoms with Gasteiger partial charge in [0.05, 0.1) is 25.5 Å². The number of benzene rings is 3. The number of carbonyl (C=O) groups excluding carboxylic acids is 1. The second-order valence-corrected chi connectivity index (χ2v) is 13.4. The zero-order chi connectivity index (χ0) is 36.4. The first-order chi connectivity index (χ1) is 24.4. The molecule has 4 aromatic rings. The van der Waals surface area contributed by atoms with Gasteiger partial charge in [-0.3, -0.25) is 9.78 Å². The molecule has 0 bridgehead atoms. The lowest BCUT2D eigenvalue weighted by atomic mass is 10.0. The summed E-state index contributed by atoms with van der Waals surface area (Å²) >= 11 is 0. The van der Waals surface area contributed by atoms with Gasteiger partial charge in [-0.2, -0.15) is 4.31 Å². The number of aromatic nitrogens is 1. The Kier molecular flexibility index (Phi) is 10.2. The summed E-state index contributed by atoms with van der Waals surface area (Å²) in [5, 5.41) is 9.85. The minimum absolute atomic E-state index is 0.0403. The van der Waals surface area contributed by atoms with Crippen LogP contribution in [0, 0.1) is 29.1 Å². The van der Waals surface area contributed by atoms with Gasteiger partial charge in [0.25, 0.3) is 0 Å². The van der Waals surface area contributed by atoms with Crippen molar-refractivity contribution in [3.8, 4) is 5.75 Å². The summed E-state index contributed by atoms with van der Waals surface area (Å²) in [6.45, 7) is 0.190. The lowest BCUT2D eigenvalue weighted by Gasteiger charge is -2.41. The van der Waals surface area contributed by atoms with E-state index in [0.29, 0.717) is 40.8 Å². The van der Waals surface area contributed by atoms with Gasteiger partial charge in [-0.25, -0.2) is 35.2 Å². The maximum Gasteiger partial charge on any atom is 0.339 e. The van der Waals surface area contributed by atoms with E-state index < -0.39 is 68.5 Å². The highest BCUT2D eigenvalue weighted by atomic mass is 32.2. The number of carboxylic acids is 1. The smallest absolute Gasteiger partial charge is 0.339 e. The van der Waals surface area contributed by atoms with Crippen molar-refractivity contribution in [2.75, 3.05) is 24.7 Å². The minimum Gasteiger partial charge on any atom is -0.488 e. The average molecular weight is 730 g/mol. The van der Waals surface area contributed by atoms with Crippen LogP contribution < -0.4 is 9.64 Å². The first-order valence-electron chi connectivity index (χ1n) is 15.5. The fourth-order valence-corrected chi connectivity index (χ4v) is 7.41. The van der Waals surface area contributed by atoms with E-state index in [1.807, 2.05) is 6.08 Å². The molecule has 1 saturated heterocycles. The van der Waals surface area contributed by atoms with Crippen LogP contribution in [0.2, 0.25) is 0 Å². The molecule has 0 aliphatic carbocycles. The molecule has 266 valence electrons. The normalized spacial score (nSPS) is 16.3. The molecule has 1 fully saturated rings. The maximum atomic E-state index is 14.7. The van der Waals surface area contributed by atoms with Crippen molar-refractivity contribution in [2.24, 2.45) is 0 Å². The fourth-order valence-electron chi connectivity index (χ4n) is 5.66. The van der Waals surface area contributed by atoms with E-state index >= 15 is 0 Å². The molecule has 6 rings (SSSR count). The van der Waals surface area contributed by atoms with Crippen molar-refractivity contribution < 1.29 is 54.5 Å². The topological polar surface area (TPSA) is 126 Å². The molecule has 3 heterocycles. The number of pyridine rings is 1. The van der Waals surface area contributed by atoms with Gasteiger partial charge in [-0.15, -0.1) is 0 Å². The highest BCUT2D eigenvalue weighted by Crippen LogP contribution is 2.36. The largest absolute Gasteiger partial charge is 0.488 e. The molecule has 0 spiro atoms. The molecule has 3 aromatic carbocycles. The van der Waals surface area contributed by atoms with Gasteiger partial charge < -0.3 is 19.5 Å². The van der Waals surface area contributed by atoms with E-state index in [-0.39, 0.29) is 36.6 Å². The molecular weight excluding hydrogens is 701 g/mol. The summed E-state index contributed by atoms with van der Waals surface area (Å²) < 4.78 is 109. The average Bonchev–Trinajstić information content (AvgIpc) is 3.11. The van der Waals surface area contributed by atoms with Gasteiger partial charge in [0.15, 0.2) is 28.2 Å². The Morgan fingerprint density at radius 3 is 2.24 bits per heavy atom. The number of carboxylic acid groups (broad SMARTS) is 1. The van der Waals surface area contributed by atoms with Crippen LogP contribution in [-0.4, -0.2) is 60.5 Å². The molecule has 2 aliphatic heterocycles. The quantitative estimate of drug-likeness (QED) is 0.116. The van der Waals surface area contributed by atoms with Crippen molar-refractivity contribution in [2.45, 2.75) is 36.9 Å².